The maximum atomic E-state index is 12.6. The van der Waals surface area contributed by atoms with Crippen LogP contribution >= 0.6 is 0 Å². The number of nitrogens with one attached hydrogen (secondary N) is 1. The monoisotopic (exact) mass is 217 g/mol. The van der Waals surface area contributed by atoms with Gasteiger partial charge in [0.1, 0.15) is 11.6 Å². The van der Waals surface area contributed by atoms with Crippen molar-refractivity contribution in [2.45, 2.75) is 6.54 Å². The molecular weight excluding hydrogens is 205 g/mol. The first-order valence-electron chi connectivity index (χ1n) is 5.04. The van der Waals surface area contributed by atoms with E-state index in [9.17, 15) is 4.39 Å². The van der Waals surface area contributed by atoms with Crippen molar-refractivity contribution in [1.82, 2.24) is 5.48 Å². The highest BCUT2D eigenvalue weighted by molar-refractivity contribution is 5.21. The molecule has 0 fully saturated rings. The summed E-state index contributed by atoms with van der Waals surface area (Å²) in [6.07, 6.45) is 0. The average molecular weight is 217 g/mol. The fraction of sp³-hybridized carbons (Fsp3) is 0.0769. The highest BCUT2D eigenvalue weighted by Gasteiger charge is 1.95. The van der Waals surface area contributed by atoms with Crippen LogP contribution in [0.15, 0.2) is 54.6 Å². The zero-order valence-electron chi connectivity index (χ0n) is 8.69. The SMILES string of the molecule is Fc1ccc(ONCc2ccccc2)cc1. The first kappa shape index (κ1) is 10.6. The van der Waals surface area contributed by atoms with Gasteiger partial charge >= 0.3 is 0 Å². The Hall–Kier alpha value is -1.87. The summed E-state index contributed by atoms with van der Waals surface area (Å²) in [7, 11) is 0. The van der Waals surface area contributed by atoms with Crippen molar-refractivity contribution < 1.29 is 9.23 Å². The summed E-state index contributed by atoms with van der Waals surface area (Å²) < 4.78 is 12.6. The number of hydrogen-bond acceptors (Lipinski definition) is 2. The van der Waals surface area contributed by atoms with Gasteiger partial charge in [-0.2, -0.15) is 5.48 Å². The van der Waals surface area contributed by atoms with Gasteiger partial charge in [0.15, 0.2) is 0 Å². The molecule has 0 aliphatic heterocycles. The predicted molar refractivity (Wildman–Crippen MR) is 60.3 cm³/mol. The Kier molecular flexibility index (Phi) is 3.51. The lowest BCUT2D eigenvalue weighted by atomic mass is 10.2. The van der Waals surface area contributed by atoms with Gasteiger partial charge in [-0.1, -0.05) is 30.3 Å². The summed E-state index contributed by atoms with van der Waals surface area (Å²) in [6, 6.07) is 15.8. The molecule has 0 aromatic heterocycles. The largest absolute Gasteiger partial charge is 0.408 e. The molecule has 1 N–H and O–H groups in total. The van der Waals surface area contributed by atoms with Crippen molar-refractivity contribution in [1.29, 1.82) is 0 Å². The Morgan fingerprint density at radius 1 is 0.938 bits per heavy atom. The fourth-order valence-electron chi connectivity index (χ4n) is 1.30. The van der Waals surface area contributed by atoms with E-state index in [2.05, 4.69) is 5.48 Å². The van der Waals surface area contributed by atoms with Crippen LogP contribution in [0.4, 0.5) is 4.39 Å². The van der Waals surface area contributed by atoms with Gasteiger partial charge in [-0.3, -0.25) is 0 Å². The van der Waals surface area contributed by atoms with Crippen LogP contribution in [-0.2, 0) is 6.54 Å². The van der Waals surface area contributed by atoms with Crippen LogP contribution in [0.5, 0.6) is 5.75 Å². The van der Waals surface area contributed by atoms with Gasteiger partial charge in [-0.05, 0) is 29.8 Å². The third-order valence-electron chi connectivity index (χ3n) is 2.12. The minimum atomic E-state index is -0.268. The van der Waals surface area contributed by atoms with Crippen molar-refractivity contribution in [2.75, 3.05) is 0 Å². The van der Waals surface area contributed by atoms with Crippen LogP contribution in [0.25, 0.3) is 0 Å². The lowest BCUT2D eigenvalue weighted by Gasteiger charge is -2.06. The molecule has 3 heteroatoms. The van der Waals surface area contributed by atoms with Crippen LogP contribution in [0.2, 0.25) is 0 Å². The van der Waals surface area contributed by atoms with Gasteiger partial charge in [0.05, 0.1) is 6.54 Å². The van der Waals surface area contributed by atoms with E-state index in [0.29, 0.717) is 12.3 Å². The number of halogens is 1. The first-order valence-corrected chi connectivity index (χ1v) is 5.04. The Labute approximate surface area is 93.6 Å². The lowest BCUT2D eigenvalue weighted by Crippen LogP contribution is -2.17. The van der Waals surface area contributed by atoms with Crippen molar-refractivity contribution in [2.24, 2.45) is 0 Å². The molecule has 0 saturated heterocycles. The quantitative estimate of drug-likeness (QED) is 0.795. The van der Waals surface area contributed by atoms with E-state index in [1.54, 1.807) is 12.1 Å². The molecule has 2 nitrogen and oxygen atoms in total. The van der Waals surface area contributed by atoms with Gasteiger partial charge in [-0.15, -0.1) is 0 Å². The first-order chi connectivity index (χ1) is 7.84. The highest BCUT2D eigenvalue weighted by Crippen LogP contribution is 2.10. The molecule has 2 aromatic rings. The minimum absolute atomic E-state index is 0.268. The molecule has 0 heterocycles. The van der Waals surface area contributed by atoms with Crippen LogP contribution in [0.3, 0.4) is 0 Å². The lowest BCUT2D eigenvalue weighted by molar-refractivity contribution is 0.190. The molecule has 0 spiro atoms. The molecule has 2 rings (SSSR count). The van der Waals surface area contributed by atoms with Crippen molar-refractivity contribution in [3.05, 3.63) is 66.0 Å². The summed E-state index contributed by atoms with van der Waals surface area (Å²) in [5, 5.41) is 0. The Morgan fingerprint density at radius 2 is 1.62 bits per heavy atom. The van der Waals surface area contributed by atoms with E-state index in [1.165, 1.54) is 12.1 Å². The zero-order valence-corrected chi connectivity index (χ0v) is 8.69. The summed E-state index contributed by atoms with van der Waals surface area (Å²) in [4.78, 5) is 5.25. The topological polar surface area (TPSA) is 21.3 Å². The maximum absolute atomic E-state index is 12.6. The minimum Gasteiger partial charge on any atom is -0.408 e. The van der Waals surface area contributed by atoms with Crippen molar-refractivity contribution in [3.63, 3.8) is 0 Å². The van der Waals surface area contributed by atoms with E-state index >= 15 is 0 Å². The van der Waals surface area contributed by atoms with Gasteiger partial charge in [0.25, 0.3) is 0 Å². The molecule has 0 unspecified atom stereocenters. The Bertz CT molecular complexity index is 427. The second kappa shape index (κ2) is 5.28. The van der Waals surface area contributed by atoms with Crippen molar-refractivity contribution >= 4 is 0 Å². The highest BCUT2D eigenvalue weighted by atomic mass is 19.1. The summed E-state index contributed by atoms with van der Waals surface area (Å²) >= 11 is 0. The van der Waals surface area contributed by atoms with Gasteiger partial charge in [0, 0.05) is 0 Å². The Morgan fingerprint density at radius 3 is 2.31 bits per heavy atom. The summed E-state index contributed by atoms with van der Waals surface area (Å²) in [5.41, 5.74) is 3.94. The molecule has 16 heavy (non-hydrogen) atoms. The molecule has 82 valence electrons. The van der Waals surface area contributed by atoms with E-state index in [1.807, 2.05) is 30.3 Å². The molecule has 2 aromatic carbocycles. The summed E-state index contributed by atoms with van der Waals surface area (Å²) in [5.74, 6) is 0.327. The zero-order chi connectivity index (χ0) is 11.2. The van der Waals surface area contributed by atoms with E-state index in [4.69, 9.17) is 4.84 Å². The molecule has 0 radical (unpaired) electrons. The number of hydrogen-bond donors (Lipinski definition) is 1. The number of rotatable bonds is 4. The predicted octanol–water partition coefficient (Wildman–Crippen LogP) is 2.91. The van der Waals surface area contributed by atoms with E-state index in [-0.39, 0.29) is 5.82 Å². The Balaban J connectivity index is 1.82. The molecule has 0 atom stereocenters. The number of benzene rings is 2. The molecule has 0 bridgehead atoms. The van der Waals surface area contributed by atoms with Gasteiger partial charge in [-0.25, -0.2) is 4.39 Å². The van der Waals surface area contributed by atoms with Crippen molar-refractivity contribution in [3.8, 4) is 5.75 Å². The molecule has 0 saturated carbocycles. The second-order valence-corrected chi connectivity index (χ2v) is 3.36. The third-order valence-corrected chi connectivity index (χ3v) is 2.12. The maximum Gasteiger partial charge on any atom is 0.147 e. The van der Waals surface area contributed by atoms with Crippen LogP contribution in [-0.4, -0.2) is 0 Å². The standard InChI is InChI=1S/C13H12FNO/c14-12-6-8-13(9-7-12)16-15-10-11-4-2-1-3-5-11/h1-9,15H,10H2. The normalized spacial score (nSPS) is 10.1. The van der Waals surface area contributed by atoms with Gasteiger partial charge in [0.2, 0.25) is 0 Å². The smallest absolute Gasteiger partial charge is 0.147 e. The van der Waals surface area contributed by atoms with E-state index in [0.717, 1.165) is 5.56 Å². The van der Waals surface area contributed by atoms with Crippen LogP contribution in [0.1, 0.15) is 5.56 Å². The average Bonchev–Trinajstić information content (AvgIpc) is 2.33. The van der Waals surface area contributed by atoms with Gasteiger partial charge < -0.3 is 4.84 Å². The molecule has 0 aliphatic rings. The molecule has 0 aliphatic carbocycles. The van der Waals surface area contributed by atoms with E-state index < -0.39 is 0 Å². The molecule has 0 amide bonds. The van der Waals surface area contributed by atoms with Crippen LogP contribution in [0, 0.1) is 5.82 Å². The molecular formula is C13H12FNO. The fourth-order valence-corrected chi connectivity index (χ4v) is 1.30. The summed E-state index contributed by atoms with van der Waals surface area (Å²) in [6.45, 7) is 0.609. The second-order valence-electron chi connectivity index (χ2n) is 3.36. The number of hydroxylamine groups is 1. The van der Waals surface area contributed by atoms with Crippen LogP contribution < -0.4 is 10.3 Å². The third kappa shape index (κ3) is 3.07.